The number of esters is 2. The summed E-state index contributed by atoms with van der Waals surface area (Å²) < 4.78 is 22.8. The van der Waals surface area contributed by atoms with E-state index >= 15 is 0 Å². The van der Waals surface area contributed by atoms with Crippen LogP contribution in [-0.2, 0) is 28.4 Å². The smallest absolute Gasteiger partial charge is 0.465 e. The Balaban J connectivity index is 2.45. The molecule has 1 unspecified atom stereocenters. The van der Waals surface area contributed by atoms with Crippen LogP contribution in [0.4, 0.5) is 0 Å². The van der Waals surface area contributed by atoms with Gasteiger partial charge in [0, 0.05) is 0 Å². The second-order valence-electron chi connectivity index (χ2n) is 8.54. The Kier molecular flexibility index (Phi) is 6.51. The molecule has 1 atom stereocenters. The maximum absolute atomic E-state index is 12.8. The van der Waals surface area contributed by atoms with Crippen LogP contribution in [0.1, 0.15) is 61.3 Å². The summed E-state index contributed by atoms with van der Waals surface area (Å²) in [5.74, 6) is -1.25. The van der Waals surface area contributed by atoms with Gasteiger partial charge >= 0.3 is 19.1 Å². The van der Waals surface area contributed by atoms with Gasteiger partial charge in [-0.2, -0.15) is 0 Å². The minimum atomic E-state index is -1.36. The van der Waals surface area contributed by atoms with Crippen molar-refractivity contribution in [3.8, 4) is 0 Å². The largest absolute Gasteiger partial charge is 0.490 e. The molecular formula is C21H33BO6. The molecule has 0 aromatic heterocycles. The second-order valence-corrected chi connectivity index (χ2v) is 8.54. The lowest BCUT2D eigenvalue weighted by atomic mass is 9.74. The third kappa shape index (κ3) is 3.79. The molecule has 2 aliphatic rings. The lowest BCUT2D eigenvalue weighted by Crippen LogP contribution is -2.41. The Bertz CT molecular complexity index is 644. The number of carbonyl (C=O) groups excluding carboxylic acids is 2. The normalized spacial score (nSPS) is 26.7. The van der Waals surface area contributed by atoms with Crippen molar-refractivity contribution in [1.29, 1.82) is 0 Å². The van der Waals surface area contributed by atoms with Crippen molar-refractivity contribution in [2.24, 2.45) is 11.3 Å². The molecule has 0 spiro atoms. The molecular weight excluding hydrogens is 359 g/mol. The highest BCUT2D eigenvalue weighted by Crippen LogP contribution is 2.50. The van der Waals surface area contributed by atoms with Crippen LogP contribution < -0.4 is 0 Å². The Morgan fingerprint density at radius 2 is 1.57 bits per heavy atom. The Labute approximate surface area is 168 Å². The van der Waals surface area contributed by atoms with Gasteiger partial charge in [0.05, 0.1) is 24.4 Å². The lowest BCUT2D eigenvalue weighted by Gasteiger charge is -2.32. The summed E-state index contributed by atoms with van der Waals surface area (Å²) in [5.41, 5.74) is -0.499. The van der Waals surface area contributed by atoms with E-state index < -0.39 is 35.7 Å². The van der Waals surface area contributed by atoms with Crippen LogP contribution in [-0.4, -0.2) is 43.5 Å². The first-order chi connectivity index (χ1) is 13.0. The second kappa shape index (κ2) is 8.03. The molecule has 0 aromatic carbocycles. The van der Waals surface area contributed by atoms with Crippen molar-refractivity contribution in [3.63, 3.8) is 0 Å². The quantitative estimate of drug-likeness (QED) is 0.298. The predicted octanol–water partition coefficient (Wildman–Crippen LogP) is 3.64. The van der Waals surface area contributed by atoms with Gasteiger partial charge in [-0.1, -0.05) is 11.6 Å². The molecule has 1 heterocycles. The first-order valence-corrected chi connectivity index (χ1v) is 9.98. The van der Waals surface area contributed by atoms with Gasteiger partial charge in [-0.05, 0) is 72.7 Å². The van der Waals surface area contributed by atoms with Gasteiger partial charge in [-0.3, -0.25) is 9.59 Å². The molecule has 156 valence electrons. The molecule has 0 amide bonds. The maximum atomic E-state index is 12.8. The molecule has 2 fully saturated rings. The standard InChI is InChI=1S/C21H33BO6/c1-9-15-12-21(17(23)25-10-2,18(24)26-11-3)13-16(15)14(4)22-27-19(5,6)20(7,8)28-22/h9,15H,1,10-13H2,2-8H3/b16-14-. The minimum absolute atomic E-state index is 0.159. The van der Waals surface area contributed by atoms with Gasteiger partial charge in [0.25, 0.3) is 0 Å². The highest BCUT2D eigenvalue weighted by atomic mass is 16.7. The fourth-order valence-electron chi connectivity index (χ4n) is 3.79. The van der Waals surface area contributed by atoms with E-state index in [1.807, 2.05) is 34.6 Å². The molecule has 28 heavy (non-hydrogen) atoms. The zero-order valence-corrected chi connectivity index (χ0v) is 18.2. The van der Waals surface area contributed by atoms with E-state index in [1.165, 1.54) is 0 Å². The molecule has 2 rings (SSSR count). The number of ether oxygens (including phenoxy) is 2. The Morgan fingerprint density at radius 1 is 1.11 bits per heavy atom. The molecule has 1 saturated carbocycles. The van der Waals surface area contributed by atoms with Crippen LogP contribution in [0.5, 0.6) is 0 Å². The number of carbonyl (C=O) groups is 2. The zero-order valence-electron chi connectivity index (χ0n) is 18.2. The summed E-state index contributed by atoms with van der Waals surface area (Å²) in [7, 11) is -0.539. The third-order valence-corrected chi connectivity index (χ3v) is 6.24. The SMILES string of the molecule is C=CC1CC(C(=O)OCC)(C(=O)OCC)C/C1=C(\C)B1OC(C)(C)C(C)(C)O1. The van der Waals surface area contributed by atoms with Crippen LogP contribution in [0.3, 0.4) is 0 Å². The molecule has 1 saturated heterocycles. The van der Waals surface area contributed by atoms with E-state index in [1.54, 1.807) is 19.9 Å². The van der Waals surface area contributed by atoms with E-state index in [9.17, 15) is 9.59 Å². The molecule has 1 aliphatic heterocycles. The number of allylic oxidation sites excluding steroid dienone is 3. The van der Waals surface area contributed by atoms with Crippen LogP contribution in [0.2, 0.25) is 0 Å². The van der Waals surface area contributed by atoms with Crippen LogP contribution in [0.15, 0.2) is 23.7 Å². The van der Waals surface area contributed by atoms with Gasteiger partial charge in [-0.25, -0.2) is 0 Å². The van der Waals surface area contributed by atoms with E-state index in [4.69, 9.17) is 18.8 Å². The summed E-state index contributed by atoms with van der Waals surface area (Å²) in [5, 5.41) is 0. The lowest BCUT2D eigenvalue weighted by molar-refractivity contribution is -0.171. The summed E-state index contributed by atoms with van der Waals surface area (Å²) in [4.78, 5) is 25.6. The highest BCUT2D eigenvalue weighted by molar-refractivity contribution is 6.54. The van der Waals surface area contributed by atoms with Gasteiger partial charge in [0.2, 0.25) is 0 Å². The van der Waals surface area contributed by atoms with Crippen molar-refractivity contribution in [3.05, 3.63) is 23.7 Å². The van der Waals surface area contributed by atoms with Gasteiger partial charge in [-0.15, -0.1) is 6.58 Å². The first-order valence-electron chi connectivity index (χ1n) is 9.98. The van der Waals surface area contributed by atoms with E-state index in [-0.39, 0.29) is 32.0 Å². The van der Waals surface area contributed by atoms with Crippen molar-refractivity contribution < 1.29 is 28.4 Å². The van der Waals surface area contributed by atoms with Crippen LogP contribution in [0, 0.1) is 11.3 Å². The average molecular weight is 392 g/mol. The maximum Gasteiger partial charge on any atom is 0.490 e. The van der Waals surface area contributed by atoms with Crippen molar-refractivity contribution in [2.45, 2.75) is 72.5 Å². The van der Waals surface area contributed by atoms with Gasteiger partial charge in [0.1, 0.15) is 0 Å². The number of rotatable bonds is 6. The third-order valence-electron chi connectivity index (χ3n) is 6.24. The van der Waals surface area contributed by atoms with Gasteiger partial charge in [0.15, 0.2) is 5.41 Å². The zero-order chi connectivity index (χ0) is 21.3. The van der Waals surface area contributed by atoms with Crippen LogP contribution >= 0.6 is 0 Å². The molecule has 0 aromatic rings. The Hall–Kier alpha value is -1.60. The molecule has 7 heteroatoms. The minimum Gasteiger partial charge on any atom is -0.465 e. The molecule has 0 radical (unpaired) electrons. The highest BCUT2D eigenvalue weighted by Gasteiger charge is 2.58. The molecule has 0 bridgehead atoms. The van der Waals surface area contributed by atoms with E-state index in [0.29, 0.717) is 0 Å². The van der Waals surface area contributed by atoms with Gasteiger partial charge < -0.3 is 18.8 Å². The first kappa shape index (κ1) is 22.7. The number of hydrogen-bond acceptors (Lipinski definition) is 6. The monoisotopic (exact) mass is 392 g/mol. The predicted molar refractivity (Wildman–Crippen MR) is 107 cm³/mol. The summed E-state index contributed by atoms with van der Waals surface area (Å²) in [6.45, 7) is 17.7. The van der Waals surface area contributed by atoms with Crippen molar-refractivity contribution in [1.82, 2.24) is 0 Å². The molecule has 0 N–H and O–H groups in total. The van der Waals surface area contributed by atoms with Crippen molar-refractivity contribution in [2.75, 3.05) is 13.2 Å². The average Bonchev–Trinajstić information content (AvgIpc) is 3.10. The van der Waals surface area contributed by atoms with E-state index in [0.717, 1.165) is 11.0 Å². The van der Waals surface area contributed by atoms with Crippen LogP contribution in [0.25, 0.3) is 0 Å². The summed E-state index contributed by atoms with van der Waals surface area (Å²) in [6.07, 6.45) is 2.27. The summed E-state index contributed by atoms with van der Waals surface area (Å²) in [6, 6.07) is 0. The number of hydrogen-bond donors (Lipinski definition) is 0. The summed E-state index contributed by atoms with van der Waals surface area (Å²) >= 11 is 0. The topological polar surface area (TPSA) is 71.1 Å². The molecule has 6 nitrogen and oxygen atoms in total. The fraction of sp³-hybridized carbons (Fsp3) is 0.714. The fourth-order valence-corrected chi connectivity index (χ4v) is 3.79. The molecule has 1 aliphatic carbocycles. The van der Waals surface area contributed by atoms with Crippen molar-refractivity contribution >= 4 is 19.1 Å². The Morgan fingerprint density at radius 3 is 1.96 bits per heavy atom. The van der Waals surface area contributed by atoms with E-state index in [2.05, 4.69) is 6.58 Å².